The average molecular weight is 343 g/mol. The number of halogens is 1. The molecule has 108 valence electrons. The summed E-state index contributed by atoms with van der Waals surface area (Å²) in [6.45, 7) is 0.357. The van der Waals surface area contributed by atoms with Crippen molar-refractivity contribution in [3.05, 3.63) is 28.2 Å². The minimum absolute atomic E-state index is 0.0187. The molecule has 0 spiro atoms. The van der Waals surface area contributed by atoms with E-state index in [0.29, 0.717) is 22.3 Å². The topological polar surface area (TPSA) is 92.9 Å². The Bertz CT molecular complexity index is 563. The van der Waals surface area contributed by atoms with Crippen molar-refractivity contribution in [2.24, 2.45) is 5.73 Å². The van der Waals surface area contributed by atoms with E-state index < -0.39 is 11.5 Å². The molecule has 0 aromatic heterocycles. The van der Waals surface area contributed by atoms with E-state index in [1.807, 2.05) is 0 Å². The van der Waals surface area contributed by atoms with Crippen molar-refractivity contribution in [1.82, 2.24) is 4.90 Å². The first-order chi connectivity index (χ1) is 9.37. The molecule has 1 saturated heterocycles. The minimum atomic E-state index is -1.35. The quantitative estimate of drug-likeness (QED) is 0.857. The predicted molar refractivity (Wildman–Crippen MR) is 75.8 cm³/mol. The SMILES string of the molecule is COc1ccc(C(=O)N2CCC(N)(C(=O)O)C2)cc1Br. The largest absolute Gasteiger partial charge is 0.496 e. The van der Waals surface area contributed by atoms with Gasteiger partial charge >= 0.3 is 5.97 Å². The van der Waals surface area contributed by atoms with Gasteiger partial charge in [-0.1, -0.05) is 0 Å². The van der Waals surface area contributed by atoms with Gasteiger partial charge in [0.05, 0.1) is 11.6 Å². The highest BCUT2D eigenvalue weighted by Crippen LogP contribution is 2.27. The molecule has 1 unspecified atom stereocenters. The lowest BCUT2D eigenvalue weighted by molar-refractivity contribution is -0.142. The molecule has 1 aliphatic heterocycles. The third-order valence-electron chi connectivity index (χ3n) is 3.41. The first-order valence-corrected chi connectivity index (χ1v) is 6.82. The summed E-state index contributed by atoms with van der Waals surface area (Å²) in [5.74, 6) is -0.688. The Labute approximate surface area is 124 Å². The molecule has 1 aliphatic rings. The molecule has 1 amide bonds. The van der Waals surface area contributed by atoms with Crippen molar-refractivity contribution >= 4 is 27.8 Å². The van der Waals surface area contributed by atoms with Crippen LogP contribution in [0.2, 0.25) is 0 Å². The standard InChI is InChI=1S/C13H15BrN2O4/c1-20-10-3-2-8(6-9(10)14)11(17)16-5-4-13(15,7-16)12(18)19/h2-3,6H,4-5,7,15H2,1H3,(H,18,19). The molecule has 0 saturated carbocycles. The lowest BCUT2D eigenvalue weighted by Gasteiger charge is -2.20. The molecule has 0 aliphatic carbocycles. The fraction of sp³-hybridized carbons (Fsp3) is 0.385. The number of ether oxygens (including phenoxy) is 1. The molecular weight excluding hydrogens is 328 g/mol. The molecule has 1 atom stereocenters. The van der Waals surface area contributed by atoms with Gasteiger partial charge in [-0.3, -0.25) is 9.59 Å². The number of hydrogen-bond acceptors (Lipinski definition) is 4. The average Bonchev–Trinajstić information content (AvgIpc) is 2.82. The zero-order chi connectivity index (χ0) is 14.9. The van der Waals surface area contributed by atoms with Gasteiger partial charge in [-0.25, -0.2) is 0 Å². The van der Waals surface area contributed by atoms with Crippen molar-refractivity contribution in [3.63, 3.8) is 0 Å². The molecule has 1 aromatic carbocycles. The number of carboxylic acids is 1. The maximum Gasteiger partial charge on any atom is 0.325 e. The van der Waals surface area contributed by atoms with Crippen molar-refractivity contribution < 1.29 is 19.4 Å². The van der Waals surface area contributed by atoms with Crippen LogP contribution in [0.25, 0.3) is 0 Å². The summed E-state index contributed by atoms with van der Waals surface area (Å²) in [5.41, 5.74) is 4.88. The Hall–Kier alpha value is -1.60. The van der Waals surface area contributed by atoms with Crippen molar-refractivity contribution in [2.45, 2.75) is 12.0 Å². The molecule has 7 heteroatoms. The third kappa shape index (κ3) is 2.64. The van der Waals surface area contributed by atoms with Gasteiger partial charge in [0, 0.05) is 18.7 Å². The van der Waals surface area contributed by atoms with Gasteiger partial charge < -0.3 is 20.5 Å². The maximum absolute atomic E-state index is 12.3. The van der Waals surface area contributed by atoms with Crippen molar-refractivity contribution in [2.75, 3.05) is 20.2 Å². The second kappa shape index (κ2) is 5.41. The molecule has 6 nitrogen and oxygen atoms in total. The van der Waals surface area contributed by atoms with Crippen LogP contribution in [0.4, 0.5) is 0 Å². The van der Waals surface area contributed by atoms with Crippen LogP contribution in [0.5, 0.6) is 5.75 Å². The highest BCUT2D eigenvalue weighted by Gasteiger charge is 2.43. The summed E-state index contributed by atoms with van der Waals surface area (Å²) in [6, 6.07) is 4.97. The van der Waals surface area contributed by atoms with Crippen LogP contribution < -0.4 is 10.5 Å². The predicted octanol–water partition coefficient (Wildman–Crippen LogP) is 1.09. The number of aliphatic carboxylic acids is 1. The van der Waals surface area contributed by atoms with Gasteiger partial charge in [0.2, 0.25) is 0 Å². The van der Waals surface area contributed by atoms with Crippen LogP contribution in [0.3, 0.4) is 0 Å². The monoisotopic (exact) mass is 342 g/mol. The van der Waals surface area contributed by atoms with Crippen LogP contribution in [-0.2, 0) is 4.79 Å². The first kappa shape index (κ1) is 14.8. The molecule has 0 radical (unpaired) electrons. The van der Waals surface area contributed by atoms with Gasteiger partial charge in [0.25, 0.3) is 5.91 Å². The number of likely N-dealkylation sites (tertiary alicyclic amines) is 1. The number of carboxylic acid groups (broad SMARTS) is 1. The van der Waals surface area contributed by atoms with E-state index >= 15 is 0 Å². The zero-order valence-electron chi connectivity index (χ0n) is 10.9. The maximum atomic E-state index is 12.3. The Balaban J connectivity index is 2.17. The minimum Gasteiger partial charge on any atom is -0.496 e. The fourth-order valence-electron chi connectivity index (χ4n) is 2.16. The van der Waals surface area contributed by atoms with Crippen LogP contribution in [-0.4, -0.2) is 47.6 Å². The Morgan fingerprint density at radius 2 is 2.20 bits per heavy atom. The number of carbonyl (C=O) groups is 2. The Kier molecular flexibility index (Phi) is 4.01. The van der Waals surface area contributed by atoms with Crippen LogP contribution in [0, 0.1) is 0 Å². The normalized spacial score (nSPS) is 21.9. The molecule has 2 rings (SSSR count). The molecule has 1 fully saturated rings. The zero-order valence-corrected chi connectivity index (χ0v) is 12.5. The van der Waals surface area contributed by atoms with Gasteiger partial charge in [-0.05, 0) is 40.5 Å². The number of carbonyl (C=O) groups excluding carboxylic acids is 1. The number of methoxy groups -OCH3 is 1. The Morgan fingerprint density at radius 1 is 1.50 bits per heavy atom. The second-order valence-corrected chi connectivity index (χ2v) is 5.64. The lowest BCUT2D eigenvalue weighted by atomic mass is 10.0. The summed E-state index contributed by atoms with van der Waals surface area (Å²) in [5, 5.41) is 9.07. The third-order valence-corrected chi connectivity index (χ3v) is 4.03. The summed E-state index contributed by atoms with van der Waals surface area (Å²) in [6.07, 6.45) is 0.255. The van der Waals surface area contributed by atoms with E-state index in [1.54, 1.807) is 18.2 Å². The van der Waals surface area contributed by atoms with E-state index in [-0.39, 0.29) is 18.9 Å². The number of amides is 1. The van der Waals surface area contributed by atoms with Crippen LogP contribution in [0.1, 0.15) is 16.8 Å². The fourth-order valence-corrected chi connectivity index (χ4v) is 2.70. The molecule has 0 bridgehead atoms. The number of benzene rings is 1. The van der Waals surface area contributed by atoms with Gasteiger partial charge in [-0.2, -0.15) is 0 Å². The number of nitrogens with two attached hydrogens (primary N) is 1. The van der Waals surface area contributed by atoms with Gasteiger partial charge in [0.15, 0.2) is 0 Å². The number of hydrogen-bond donors (Lipinski definition) is 2. The highest BCUT2D eigenvalue weighted by molar-refractivity contribution is 9.10. The molecular formula is C13H15BrN2O4. The molecule has 1 aromatic rings. The van der Waals surface area contributed by atoms with Gasteiger partial charge in [0.1, 0.15) is 11.3 Å². The van der Waals surface area contributed by atoms with E-state index in [2.05, 4.69) is 15.9 Å². The Morgan fingerprint density at radius 3 is 2.70 bits per heavy atom. The van der Waals surface area contributed by atoms with Crippen molar-refractivity contribution in [3.8, 4) is 5.75 Å². The smallest absolute Gasteiger partial charge is 0.325 e. The van der Waals surface area contributed by atoms with Crippen LogP contribution in [0.15, 0.2) is 22.7 Å². The summed E-state index contributed by atoms with van der Waals surface area (Å²) in [7, 11) is 1.54. The molecule has 20 heavy (non-hydrogen) atoms. The van der Waals surface area contributed by atoms with Crippen LogP contribution >= 0.6 is 15.9 Å². The number of nitrogens with zero attached hydrogens (tertiary/aromatic N) is 1. The lowest BCUT2D eigenvalue weighted by Crippen LogP contribution is -2.50. The summed E-state index contributed by atoms with van der Waals surface area (Å²) in [4.78, 5) is 24.9. The van der Waals surface area contributed by atoms with E-state index in [1.165, 1.54) is 12.0 Å². The molecule has 3 N–H and O–H groups in total. The highest BCUT2D eigenvalue weighted by atomic mass is 79.9. The second-order valence-electron chi connectivity index (χ2n) is 4.79. The van der Waals surface area contributed by atoms with E-state index in [0.717, 1.165) is 0 Å². The summed E-state index contributed by atoms with van der Waals surface area (Å²) >= 11 is 3.32. The van der Waals surface area contributed by atoms with E-state index in [4.69, 9.17) is 15.6 Å². The van der Waals surface area contributed by atoms with Crippen molar-refractivity contribution in [1.29, 1.82) is 0 Å². The van der Waals surface area contributed by atoms with Gasteiger partial charge in [-0.15, -0.1) is 0 Å². The summed E-state index contributed by atoms with van der Waals surface area (Å²) < 4.78 is 5.77. The number of rotatable bonds is 3. The van der Waals surface area contributed by atoms with E-state index in [9.17, 15) is 9.59 Å². The molecule has 1 heterocycles. The first-order valence-electron chi connectivity index (χ1n) is 6.02.